The number of hydrogen-bond donors (Lipinski definition) is 0. The lowest BCUT2D eigenvalue weighted by Crippen LogP contribution is -2.41. The summed E-state index contributed by atoms with van der Waals surface area (Å²) in [5.74, 6) is 0. The third-order valence-corrected chi connectivity index (χ3v) is 8.39. The van der Waals surface area contributed by atoms with Gasteiger partial charge < -0.3 is 13.7 Å². The normalized spacial score (nSPS) is 17.9. The highest BCUT2D eigenvalue weighted by molar-refractivity contribution is 6.66. The van der Waals surface area contributed by atoms with Gasteiger partial charge in [-0.05, 0) is 97.2 Å². The van der Waals surface area contributed by atoms with Gasteiger partial charge in [0.15, 0.2) is 0 Å². The molecular formula is C33H29BO3. The van der Waals surface area contributed by atoms with Crippen LogP contribution in [-0.2, 0) is 15.7 Å². The Morgan fingerprint density at radius 1 is 0.703 bits per heavy atom. The molecule has 1 aliphatic heterocycles. The molecule has 4 heteroatoms. The molecule has 0 unspecified atom stereocenters. The molecule has 2 heterocycles. The third kappa shape index (κ3) is 3.51. The highest BCUT2D eigenvalue weighted by Crippen LogP contribution is 2.40. The van der Waals surface area contributed by atoms with Crippen molar-refractivity contribution in [3.63, 3.8) is 0 Å². The van der Waals surface area contributed by atoms with Crippen molar-refractivity contribution in [2.24, 2.45) is 0 Å². The van der Waals surface area contributed by atoms with Gasteiger partial charge in [-0.2, -0.15) is 0 Å². The second-order valence-electron chi connectivity index (χ2n) is 11.2. The van der Waals surface area contributed by atoms with E-state index in [1.165, 1.54) is 33.4 Å². The summed E-state index contributed by atoms with van der Waals surface area (Å²) in [6.07, 6.45) is 3.26. The lowest BCUT2D eigenvalue weighted by Gasteiger charge is -2.32. The fourth-order valence-corrected chi connectivity index (χ4v) is 5.64. The minimum Gasteiger partial charge on any atom is -0.456 e. The number of rotatable bonds is 2. The zero-order chi connectivity index (χ0) is 25.4. The molecule has 1 fully saturated rings. The summed E-state index contributed by atoms with van der Waals surface area (Å²) in [4.78, 5) is 0. The molecule has 7 rings (SSSR count). The molecule has 0 radical (unpaired) electrons. The van der Waals surface area contributed by atoms with E-state index in [-0.39, 0.29) is 0 Å². The standard InChI is InChI=1S/C33H29BO3/c1-32(2)33(3,4)37-34(36-32)28-14-9-15-30-31(28)27-20-24(16-17-29(27)35-30)26-19-22-11-6-5-10-21(22)18-23-12-7-8-13-25(23)26/h5-17,19-20H,18H2,1-4H3. The number of furan rings is 1. The fraction of sp³-hybridized carbons (Fsp3) is 0.212. The van der Waals surface area contributed by atoms with E-state index < -0.39 is 18.3 Å². The van der Waals surface area contributed by atoms with Crippen LogP contribution >= 0.6 is 0 Å². The second-order valence-corrected chi connectivity index (χ2v) is 11.2. The molecule has 1 saturated heterocycles. The van der Waals surface area contributed by atoms with E-state index in [0.29, 0.717) is 0 Å². The van der Waals surface area contributed by atoms with Gasteiger partial charge in [-0.25, -0.2) is 0 Å². The Kier molecular flexibility index (Phi) is 4.85. The van der Waals surface area contributed by atoms with Gasteiger partial charge in [0.1, 0.15) is 11.2 Å². The molecule has 3 nitrogen and oxygen atoms in total. The Hall–Kier alpha value is -3.60. The van der Waals surface area contributed by atoms with Crippen LogP contribution in [0, 0.1) is 0 Å². The fourth-order valence-electron chi connectivity index (χ4n) is 5.64. The van der Waals surface area contributed by atoms with Crippen LogP contribution in [0.4, 0.5) is 0 Å². The monoisotopic (exact) mass is 484 g/mol. The Labute approximate surface area is 217 Å². The molecule has 0 bridgehead atoms. The Balaban J connectivity index is 1.44. The van der Waals surface area contributed by atoms with E-state index in [1.807, 2.05) is 12.1 Å². The third-order valence-electron chi connectivity index (χ3n) is 8.39. The molecule has 37 heavy (non-hydrogen) atoms. The van der Waals surface area contributed by atoms with E-state index in [0.717, 1.165) is 33.8 Å². The number of hydrogen-bond acceptors (Lipinski definition) is 3. The molecule has 0 amide bonds. The lowest BCUT2D eigenvalue weighted by molar-refractivity contribution is 0.00578. The first kappa shape index (κ1) is 22.6. The summed E-state index contributed by atoms with van der Waals surface area (Å²) < 4.78 is 19.2. The molecule has 5 aromatic rings. The smallest absolute Gasteiger partial charge is 0.456 e. The zero-order valence-corrected chi connectivity index (χ0v) is 21.7. The first-order chi connectivity index (χ1) is 17.8. The van der Waals surface area contributed by atoms with Crippen molar-refractivity contribution in [1.29, 1.82) is 0 Å². The lowest BCUT2D eigenvalue weighted by atomic mass is 9.76. The van der Waals surface area contributed by atoms with Crippen molar-refractivity contribution >= 4 is 46.2 Å². The van der Waals surface area contributed by atoms with Gasteiger partial charge in [0.2, 0.25) is 0 Å². The molecule has 0 atom stereocenters. The molecule has 1 aliphatic carbocycles. The molecule has 4 aromatic carbocycles. The van der Waals surface area contributed by atoms with Crippen molar-refractivity contribution in [2.45, 2.75) is 45.3 Å². The maximum atomic E-state index is 6.45. The van der Waals surface area contributed by atoms with Crippen molar-refractivity contribution in [1.82, 2.24) is 0 Å². The molecule has 2 aliphatic rings. The predicted molar refractivity (Wildman–Crippen MR) is 152 cm³/mol. The maximum absolute atomic E-state index is 6.45. The molecular weight excluding hydrogens is 455 g/mol. The Morgan fingerprint density at radius 2 is 1.43 bits per heavy atom. The van der Waals surface area contributed by atoms with Crippen LogP contribution in [0.2, 0.25) is 0 Å². The van der Waals surface area contributed by atoms with Crippen LogP contribution in [0.1, 0.15) is 55.5 Å². The summed E-state index contributed by atoms with van der Waals surface area (Å²) >= 11 is 0. The van der Waals surface area contributed by atoms with Crippen LogP contribution in [0.15, 0.2) is 89.3 Å². The van der Waals surface area contributed by atoms with E-state index in [4.69, 9.17) is 13.7 Å². The van der Waals surface area contributed by atoms with Gasteiger partial charge in [-0.3, -0.25) is 0 Å². The SMILES string of the molecule is CC1(C)OB(c2cccc3oc4ccc(C5=Cc6ccccc6Cc6ccccc65)cc4c23)OC1(C)C. The topological polar surface area (TPSA) is 31.6 Å². The van der Waals surface area contributed by atoms with Gasteiger partial charge in [-0.1, -0.05) is 66.7 Å². The summed E-state index contributed by atoms with van der Waals surface area (Å²) in [5.41, 5.74) is 9.53. The average Bonchev–Trinajstić information content (AvgIpc) is 3.29. The van der Waals surface area contributed by atoms with Crippen molar-refractivity contribution < 1.29 is 13.7 Å². The first-order valence-corrected chi connectivity index (χ1v) is 13.0. The van der Waals surface area contributed by atoms with Gasteiger partial charge >= 0.3 is 7.12 Å². The van der Waals surface area contributed by atoms with Crippen LogP contribution in [-0.4, -0.2) is 18.3 Å². The van der Waals surface area contributed by atoms with Gasteiger partial charge in [0.25, 0.3) is 0 Å². The predicted octanol–water partition coefficient (Wildman–Crippen LogP) is 7.38. The molecule has 0 spiro atoms. The van der Waals surface area contributed by atoms with Crippen LogP contribution in [0.25, 0.3) is 33.6 Å². The van der Waals surface area contributed by atoms with Crippen LogP contribution in [0.3, 0.4) is 0 Å². The van der Waals surface area contributed by atoms with Crippen molar-refractivity contribution in [3.05, 3.63) is 113 Å². The second kappa shape index (κ2) is 7.95. The van der Waals surface area contributed by atoms with E-state index in [9.17, 15) is 0 Å². The average molecular weight is 484 g/mol. The van der Waals surface area contributed by atoms with Crippen LogP contribution in [0.5, 0.6) is 0 Å². The minimum absolute atomic E-state index is 0.410. The van der Waals surface area contributed by atoms with Crippen molar-refractivity contribution in [3.8, 4) is 0 Å². The number of benzene rings is 4. The zero-order valence-electron chi connectivity index (χ0n) is 21.7. The highest BCUT2D eigenvalue weighted by atomic mass is 16.7. The maximum Gasteiger partial charge on any atom is 0.495 e. The highest BCUT2D eigenvalue weighted by Gasteiger charge is 2.52. The Bertz CT molecular complexity index is 1710. The van der Waals surface area contributed by atoms with Crippen molar-refractivity contribution in [2.75, 3.05) is 0 Å². The molecule has 182 valence electrons. The van der Waals surface area contributed by atoms with E-state index in [2.05, 4.69) is 107 Å². The molecule has 0 N–H and O–H groups in total. The molecule has 1 aromatic heterocycles. The minimum atomic E-state index is -0.456. The summed E-state index contributed by atoms with van der Waals surface area (Å²) in [5, 5.41) is 2.13. The van der Waals surface area contributed by atoms with Gasteiger partial charge in [-0.15, -0.1) is 0 Å². The van der Waals surface area contributed by atoms with Crippen LogP contribution < -0.4 is 5.46 Å². The number of fused-ring (bicyclic) bond motifs is 5. The first-order valence-electron chi connectivity index (χ1n) is 13.0. The Morgan fingerprint density at radius 3 is 2.24 bits per heavy atom. The largest absolute Gasteiger partial charge is 0.495 e. The molecule has 0 saturated carbocycles. The van der Waals surface area contributed by atoms with E-state index >= 15 is 0 Å². The van der Waals surface area contributed by atoms with Gasteiger partial charge in [0, 0.05) is 10.8 Å². The summed E-state index contributed by atoms with van der Waals surface area (Å²) in [6.45, 7) is 8.36. The summed E-state index contributed by atoms with van der Waals surface area (Å²) in [7, 11) is -0.456. The summed E-state index contributed by atoms with van der Waals surface area (Å²) in [6, 6.07) is 30.1. The van der Waals surface area contributed by atoms with E-state index in [1.54, 1.807) is 0 Å². The quantitative estimate of drug-likeness (QED) is 0.240. The van der Waals surface area contributed by atoms with Gasteiger partial charge in [0.05, 0.1) is 11.2 Å².